The summed E-state index contributed by atoms with van der Waals surface area (Å²) >= 11 is 0. The minimum absolute atomic E-state index is 0.0342. The Morgan fingerprint density at radius 2 is 1.95 bits per heavy atom. The van der Waals surface area contributed by atoms with Crippen molar-refractivity contribution in [3.63, 3.8) is 0 Å². The Morgan fingerprint density at radius 1 is 1.19 bits per heavy atom. The second kappa shape index (κ2) is 6.95. The number of carbonyl (C=O) groups is 1. The fourth-order valence-electron chi connectivity index (χ4n) is 1.72. The molecule has 2 aromatic rings. The Morgan fingerprint density at radius 3 is 2.67 bits per heavy atom. The highest BCUT2D eigenvalue weighted by molar-refractivity contribution is 5.83. The molecule has 0 bridgehead atoms. The summed E-state index contributed by atoms with van der Waals surface area (Å²) in [7, 11) is 0. The van der Waals surface area contributed by atoms with E-state index < -0.39 is 4.92 Å². The molecule has 21 heavy (non-hydrogen) atoms. The molecule has 0 aliphatic rings. The van der Waals surface area contributed by atoms with E-state index in [0.717, 1.165) is 5.56 Å². The molecule has 0 heterocycles. The lowest BCUT2D eigenvalue weighted by Gasteiger charge is -2.00. The average Bonchev–Trinajstić information content (AvgIpc) is 2.48. The molecule has 0 aliphatic heterocycles. The number of nitrogens with one attached hydrogen (secondary N) is 1. The number of hydrazone groups is 1. The largest absolute Gasteiger partial charge is 0.273 e. The Bertz CT molecular complexity index is 669. The zero-order chi connectivity index (χ0) is 15.1. The highest BCUT2D eigenvalue weighted by Gasteiger charge is 2.08. The third-order valence-corrected chi connectivity index (χ3v) is 2.69. The normalized spacial score (nSPS) is 10.5. The number of carbonyl (C=O) groups excluding carboxylic acids is 1. The predicted octanol–water partition coefficient (Wildman–Crippen LogP) is 2.29. The maximum Gasteiger partial charge on any atom is 0.269 e. The van der Waals surface area contributed by atoms with Crippen LogP contribution in [0.4, 0.5) is 5.69 Å². The number of nitro groups is 1. The summed E-state index contributed by atoms with van der Waals surface area (Å²) < 4.78 is 0. The van der Waals surface area contributed by atoms with Crippen LogP contribution < -0.4 is 5.43 Å². The number of hydrogen-bond donors (Lipinski definition) is 1. The van der Waals surface area contributed by atoms with Gasteiger partial charge in [0, 0.05) is 12.1 Å². The van der Waals surface area contributed by atoms with E-state index in [1.807, 2.05) is 30.3 Å². The number of nitro benzene ring substituents is 1. The first-order valence-electron chi connectivity index (χ1n) is 6.25. The van der Waals surface area contributed by atoms with Crippen molar-refractivity contribution >= 4 is 17.8 Å². The van der Waals surface area contributed by atoms with E-state index >= 15 is 0 Å². The smallest absolute Gasteiger partial charge is 0.269 e. The summed E-state index contributed by atoms with van der Waals surface area (Å²) in [6, 6.07) is 15.3. The number of non-ortho nitro benzene ring substituents is 1. The Hall–Kier alpha value is -3.02. The fourth-order valence-corrected chi connectivity index (χ4v) is 1.72. The summed E-state index contributed by atoms with van der Waals surface area (Å²) in [6.07, 6.45) is 1.57. The van der Waals surface area contributed by atoms with Crippen molar-refractivity contribution in [2.24, 2.45) is 5.10 Å². The molecule has 6 nitrogen and oxygen atoms in total. The number of hydrogen-bond acceptors (Lipinski definition) is 4. The Labute approximate surface area is 121 Å². The van der Waals surface area contributed by atoms with Crippen LogP contribution in [-0.4, -0.2) is 17.0 Å². The average molecular weight is 283 g/mol. The van der Waals surface area contributed by atoms with E-state index in [1.165, 1.54) is 18.3 Å². The first-order valence-corrected chi connectivity index (χ1v) is 6.25. The van der Waals surface area contributed by atoms with E-state index in [9.17, 15) is 14.9 Å². The van der Waals surface area contributed by atoms with Gasteiger partial charge in [-0.25, -0.2) is 5.43 Å². The molecule has 6 heteroatoms. The molecule has 0 radical (unpaired) electrons. The van der Waals surface area contributed by atoms with Crippen LogP contribution in [0.15, 0.2) is 59.7 Å². The van der Waals surface area contributed by atoms with Crippen LogP contribution in [0.2, 0.25) is 0 Å². The summed E-state index contributed by atoms with van der Waals surface area (Å²) in [5, 5.41) is 14.5. The molecule has 0 fully saturated rings. The SMILES string of the molecule is O=C(Cc1cccc([N+](=O)[O-])c1)NN=Cc1ccccc1. The van der Waals surface area contributed by atoms with Gasteiger partial charge in [0.15, 0.2) is 0 Å². The van der Waals surface area contributed by atoms with Gasteiger partial charge in [0.25, 0.3) is 5.69 Å². The number of nitrogens with zero attached hydrogens (tertiary/aromatic N) is 2. The van der Waals surface area contributed by atoms with Crippen LogP contribution in [0.3, 0.4) is 0 Å². The van der Waals surface area contributed by atoms with Gasteiger partial charge in [-0.2, -0.15) is 5.10 Å². The zero-order valence-electron chi connectivity index (χ0n) is 11.1. The van der Waals surface area contributed by atoms with E-state index in [0.29, 0.717) is 5.56 Å². The minimum Gasteiger partial charge on any atom is -0.273 e. The molecule has 0 spiro atoms. The molecule has 2 aromatic carbocycles. The van der Waals surface area contributed by atoms with Crippen LogP contribution >= 0.6 is 0 Å². The molecule has 0 atom stereocenters. The van der Waals surface area contributed by atoms with Gasteiger partial charge >= 0.3 is 0 Å². The summed E-state index contributed by atoms with van der Waals surface area (Å²) in [5.74, 6) is -0.331. The number of amides is 1. The van der Waals surface area contributed by atoms with Crippen molar-refractivity contribution in [2.45, 2.75) is 6.42 Å². The van der Waals surface area contributed by atoms with Crippen LogP contribution in [-0.2, 0) is 11.2 Å². The van der Waals surface area contributed by atoms with Gasteiger partial charge in [-0.3, -0.25) is 14.9 Å². The first-order chi connectivity index (χ1) is 10.1. The van der Waals surface area contributed by atoms with E-state index in [-0.39, 0.29) is 18.0 Å². The molecule has 1 amide bonds. The van der Waals surface area contributed by atoms with Gasteiger partial charge in [0.1, 0.15) is 0 Å². The summed E-state index contributed by atoms with van der Waals surface area (Å²) in [6.45, 7) is 0. The van der Waals surface area contributed by atoms with Crippen LogP contribution in [0, 0.1) is 10.1 Å². The lowest BCUT2D eigenvalue weighted by molar-refractivity contribution is -0.384. The highest BCUT2D eigenvalue weighted by atomic mass is 16.6. The molecule has 0 saturated heterocycles. The molecule has 0 aromatic heterocycles. The van der Waals surface area contributed by atoms with Gasteiger partial charge in [0.05, 0.1) is 17.6 Å². The maximum absolute atomic E-state index is 11.7. The van der Waals surface area contributed by atoms with E-state index in [1.54, 1.807) is 12.1 Å². The number of benzene rings is 2. The molecule has 1 N–H and O–H groups in total. The summed E-state index contributed by atoms with van der Waals surface area (Å²) in [5.41, 5.74) is 3.79. The second-order valence-corrected chi connectivity index (χ2v) is 4.31. The van der Waals surface area contributed by atoms with Crippen LogP contribution in [0.25, 0.3) is 0 Å². The lowest BCUT2D eigenvalue weighted by atomic mass is 10.1. The van der Waals surface area contributed by atoms with Crippen LogP contribution in [0.1, 0.15) is 11.1 Å². The predicted molar refractivity (Wildman–Crippen MR) is 79.0 cm³/mol. The minimum atomic E-state index is -0.491. The van der Waals surface area contributed by atoms with Gasteiger partial charge in [-0.1, -0.05) is 42.5 Å². The molecule has 0 aliphatic carbocycles. The topological polar surface area (TPSA) is 84.6 Å². The third kappa shape index (κ3) is 4.54. The molecular weight excluding hydrogens is 270 g/mol. The van der Waals surface area contributed by atoms with Crippen molar-refractivity contribution in [3.05, 3.63) is 75.8 Å². The lowest BCUT2D eigenvalue weighted by Crippen LogP contribution is -2.19. The van der Waals surface area contributed by atoms with Gasteiger partial charge < -0.3 is 0 Å². The van der Waals surface area contributed by atoms with Gasteiger partial charge in [-0.05, 0) is 11.1 Å². The quantitative estimate of drug-likeness (QED) is 0.519. The van der Waals surface area contributed by atoms with E-state index in [2.05, 4.69) is 10.5 Å². The molecule has 2 rings (SSSR count). The molecular formula is C15H13N3O3. The Balaban J connectivity index is 1.91. The fraction of sp³-hybridized carbons (Fsp3) is 0.0667. The zero-order valence-corrected chi connectivity index (χ0v) is 11.1. The maximum atomic E-state index is 11.7. The van der Waals surface area contributed by atoms with Crippen molar-refractivity contribution in [1.82, 2.24) is 5.43 Å². The van der Waals surface area contributed by atoms with Gasteiger partial charge in [-0.15, -0.1) is 0 Å². The van der Waals surface area contributed by atoms with Crippen LogP contribution in [0.5, 0.6) is 0 Å². The van der Waals surface area contributed by atoms with Crippen molar-refractivity contribution in [1.29, 1.82) is 0 Å². The summed E-state index contributed by atoms with van der Waals surface area (Å²) in [4.78, 5) is 21.8. The van der Waals surface area contributed by atoms with Crippen molar-refractivity contribution in [2.75, 3.05) is 0 Å². The molecule has 0 unspecified atom stereocenters. The third-order valence-electron chi connectivity index (χ3n) is 2.69. The van der Waals surface area contributed by atoms with E-state index in [4.69, 9.17) is 0 Å². The monoisotopic (exact) mass is 283 g/mol. The first kappa shape index (κ1) is 14.4. The van der Waals surface area contributed by atoms with Crippen molar-refractivity contribution < 1.29 is 9.72 Å². The second-order valence-electron chi connectivity index (χ2n) is 4.31. The molecule has 0 saturated carbocycles. The number of rotatable bonds is 5. The molecule has 106 valence electrons. The standard InChI is InChI=1S/C15H13N3O3/c19-15(17-16-11-12-5-2-1-3-6-12)10-13-7-4-8-14(9-13)18(20)21/h1-9,11H,10H2,(H,17,19). The van der Waals surface area contributed by atoms with Gasteiger partial charge in [0.2, 0.25) is 5.91 Å². The highest BCUT2D eigenvalue weighted by Crippen LogP contribution is 2.13. The Kier molecular flexibility index (Phi) is 4.76. The van der Waals surface area contributed by atoms with Crippen molar-refractivity contribution in [3.8, 4) is 0 Å².